The molecule has 104 valence electrons. The first kappa shape index (κ1) is 13.7. The number of carbonyl (C=O) groups excluding carboxylic acids is 2. The molecule has 1 aliphatic heterocycles. The van der Waals surface area contributed by atoms with E-state index in [2.05, 4.69) is 15.3 Å². The van der Waals surface area contributed by atoms with Gasteiger partial charge in [-0.25, -0.2) is 4.98 Å². The van der Waals surface area contributed by atoms with Gasteiger partial charge in [0.2, 0.25) is 5.91 Å². The molecule has 7 nitrogen and oxygen atoms in total. The minimum atomic E-state index is -0.0930. The molecule has 0 aliphatic carbocycles. The van der Waals surface area contributed by atoms with E-state index in [-0.39, 0.29) is 24.3 Å². The van der Waals surface area contributed by atoms with Crippen molar-refractivity contribution in [3.63, 3.8) is 0 Å². The average Bonchev–Trinajstić information content (AvgIpc) is 2.82. The van der Waals surface area contributed by atoms with Gasteiger partial charge in [0, 0.05) is 26.2 Å². The lowest BCUT2D eigenvalue weighted by Crippen LogP contribution is -2.29. The summed E-state index contributed by atoms with van der Waals surface area (Å²) in [6.45, 7) is 1.45. The molecule has 1 fully saturated rings. The molecule has 2 rings (SSSR count). The number of anilines is 1. The Hall–Kier alpha value is -1.73. The SMILES string of the molecule is COCc1[nH]c(C=O)nc1NC(=O)C1CCOCC1. The highest BCUT2D eigenvalue weighted by Crippen LogP contribution is 2.19. The lowest BCUT2D eigenvalue weighted by atomic mass is 9.99. The van der Waals surface area contributed by atoms with Gasteiger partial charge in [-0.1, -0.05) is 0 Å². The number of nitrogens with one attached hydrogen (secondary N) is 2. The zero-order valence-electron chi connectivity index (χ0n) is 10.8. The minimum Gasteiger partial charge on any atom is -0.381 e. The van der Waals surface area contributed by atoms with Crippen LogP contribution < -0.4 is 5.32 Å². The Bertz CT molecular complexity index is 452. The summed E-state index contributed by atoms with van der Waals surface area (Å²) >= 11 is 0. The maximum atomic E-state index is 12.1. The molecular weight excluding hydrogens is 250 g/mol. The second kappa shape index (κ2) is 6.44. The Morgan fingerprint density at radius 1 is 1.58 bits per heavy atom. The maximum absolute atomic E-state index is 12.1. The molecule has 2 N–H and O–H groups in total. The van der Waals surface area contributed by atoms with Crippen molar-refractivity contribution >= 4 is 18.0 Å². The molecule has 1 aromatic heterocycles. The van der Waals surface area contributed by atoms with E-state index in [0.717, 1.165) is 0 Å². The Morgan fingerprint density at radius 3 is 2.95 bits per heavy atom. The number of aromatic nitrogens is 2. The van der Waals surface area contributed by atoms with Crippen molar-refractivity contribution in [2.45, 2.75) is 19.4 Å². The fraction of sp³-hybridized carbons (Fsp3) is 0.583. The number of hydrogen-bond donors (Lipinski definition) is 2. The third kappa shape index (κ3) is 3.39. The molecule has 1 aliphatic rings. The number of amides is 1. The van der Waals surface area contributed by atoms with Crippen LogP contribution >= 0.6 is 0 Å². The molecule has 1 saturated heterocycles. The molecule has 7 heteroatoms. The summed E-state index contributed by atoms with van der Waals surface area (Å²) < 4.78 is 10.2. The fourth-order valence-corrected chi connectivity index (χ4v) is 2.02. The van der Waals surface area contributed by atoms with Crippen LogP contribution in [0.2, 0.25) is 0 Å². The number of H-pyrrole nitrogens is 1. The maximum Gasteiger partial charge on any atom is 0.228 e. The molecule has 0 saturated carbocycles. The van der Waals surface area contributed by atoms with Crippen molar-refractivity contribution in [1.29, 1.82) is 0 Å². The number of imidazole rings is 1. The first-order valence-corrected chi connectivity index (χ1v) is 6.16. The van der Waals surface area contributed by atoms with Crippen molar-refractivity contribution in [3.8, 4) is 0 Å². The molecule has 0 radical (unpaired) electrons. The van der Waals surface area contributed by atoms with Gasteiger partial charge in [0.05, 0.1) is 12.3 Å². The number of methoxy groups -OCH3 is 1. The Morgan fingerprint density at radius 2 is 2.32 bits per heavy atom. The average molecular weight is 267 g/mol. The van der Waals surface area contributed by atoms with Crippen molar-refractivity contribution < 1.29 is 19.1 Å². The highest BCUT2D eigenvalue weighted by molar-refractivity contribution is 5.92. The van der Waals surface area contributed by atoms with Gasteiger partial charge in [-0.2, -0.15) is 0 Å². The van der Waals surface area contributed by atoms with Crippen LogP contribution in [-0.4, -0.2) is 42.5 Å². The van der Waals surface area contributed by atoms with Crippen LogP contribution in [0.5, 0.6) is 0 Å². The largest absolute Gasteiger partial charge is 0.381 e. The highest BCUT2D eigenvalue weighted by atomic mass is 16.5. The Labute approximate surface area is 110 Å². The number of ether oxygens (including phenoxy) is 2. The molecule has 0 atom stereocenters. The normalized spacial score (nSPS) is 16.3. The number of carbonyl (C=O) groups is 2. The summed E-state index contributed by atoms with van der Waals surface area (Å²) in [5, 5.41) is 2.74. The van der Waals surface area contributed by atoms with E-state index in [0.29, 0.717) is 43.9 Å². The monoisotopic (exact) mass is 267 g/mol. The number of rotatable bonds is 5. The van der Waals surface area contributed by atoms with Crippen molar-refractivity contribution in [2.75, 3.05) is 25.6 Å². The molecule has 2 heterocycles. The van der Waals surface area contributed by atoms with E-state index >= 15 is 0 Å². The molecule has 0 spiro atoms. The molecule has 1 aromatic rings. The summed E-state index contributed by atoms with van der Waals surface area (Å²) in [7, 11) is 1.53. The standard InChI is InChI=1S/C12H17N3O4/c1-18-7-9-11(14-10(6-16)13-9)15-12(17)8-2-4-19-5-3-8/h6,8H,2-5,7H2,1H3,(H,13,14)(H,15,17). The molecule has 19 heavy (non-hydrogen) atoms. The highest BCUT2D eigenvalue weighted by Gasteiger charge is 2.23. The van der Waals surface area contributed by atoms with Gasteiger partial charge < -0.3 is 19.8 Å². The lowest BCUT2D eigenvalue weighted by Gasteiger charge is -2.20. The summed E-state index contributed by atoms with van der Waals surface area (Å²) in [6, 6.07) is 0. The zero-order valence-corrected chi connectivity index (χ0v) is 10.8. The van der Waals surface area contributed by atoms with Gasteiger partial charge in [-0.3, -0.25) is 9.59 Å². The first-order chi connectivity index (χ1) is 9.24. The number of nitrogens with zero attached hydrogens (tertiary/aromatic N) is 1. The van der Waals surface area contributed by atoms with Gasteiger partial charge in [-0.05, 0) is 12.8 Å². The first-order valence-electron chi connectivity index (χ1n) is 6.16. The van der Waals surface area contributed by atoms with E-state index in [1.54, 1.807) is 0 Å². The number of aldehydes is 1. The van der Waals surface area contributed by atoms with Crippen molar-refractivity contribution in [3.05, 3.63) is 11.5 Å². The minimum absolute atomic E-state index is 0.0690. The Balaban J connectivity index is 2.06. The molecule has 0 bridgehead atoms. The molecule has 0 unspecified atom stereocenters. The molecular formula is C12H17N3O4. The fourth-order valence-electron chi connectivity index (χ4n) is 2.02. The summed E-state index contributed by atoms with van der Waals surface area (Å²) in [5.74, 6) is 0.375. The van der Waals surface area contributed by atoms with Crippen LogP contribution in [0.15, 0.2) is 0 Å². The van der Waals surface area contributed by atoms with Gasteiger partial charge in [0.25, 0.3) is 0 Å². The van der Waals surface area contributed by atoms with E-state index in [1.165, 1.54) is 7.11 Å². The van der Waals surface area contributed by atoms with Gasteiger partial charge >= 0.3 is 0 Å². The van der Waals surface area contributed by atoms with E-state index in [9.17, 15) is 9.59 Å². The van der Waals surface area contributed by atoms with E-state index in [4.69, 9.17) is 9.47 Å². The van der Waals surface area contributed by atoms with E-state index < -0.39 is 0 Å². The molecule has 0 aromatic carbocycles. The summed E-state index contributed by atoms with van der Waals surface area (Å²) in [6.07, 6.45) is 2.01. The predicted octanol–water partition coefficient (Wildman–Crippen LogP) is 0.734. The molecule has 1 amide bonds. The second-order valence-corrected chi connectivity index (χ2v) is 4.38. The lowest BCUT2D eigenvalue weighted by molar-refractivity contribution is -0.122. The van der Waals surface area contributed by atoms with Crippen LogP contribution in [-0.2, 0) is 20.9 Å². The van der Waals surface area contributed by atoms with Gasteiger partial charge in [-0.15, -0.1) is 0 Å². The Kier molecular flexibility index (Phi) is 4.64. The quantitative estimate of drug-likeness (QED) is 0.767. The van der Waals surface area contributed by atoms with Crippen LogP contribution in [0.1, 0.15) is 29.2 Å². The van der Waals surface area contributed by atoms with Crippen molar-refractivity contribution in [2.24, 2.45) is 5.92 Å². The van der Waals surface area contributed by atoms with E-state index in [1.807, 2.05) is 0 Å². The summed E-state index contributed by atoms with van der Waals surface area (Å²) in [5.41, 5.74) is 0.588. The number of aromatic amines is 1. The van der Waals surface area contributed by atoms with Gasteiger partial charge in [0.15, 0.2) is 17.9 Å². The second-order valence-electron chi connectivity index (χ2n) is 4.38. The van der Waals surface area contributed by atoms with Crippen LogP contribution in [0, 0.1) is 5.92 Å². The van der Waals surface area contributed by atoms with Crippen LogP contribution in [0.25, 0.3) is 0 Å². The third-order valence-electron chi connectivity index (χ3n) is 3.03. The summed E-state index contributed by atoms with van der Waals surface area (Å²) in [4.78, 5) is 29.6. The zero-order chi connectivity index (χ0) is 13.7. The van der Waals surface area contributed by atoms with Crippen molar-refractivity contribution in [1.82, 2.24) is 9.97 Å². The van der Waals surface area contributed by atoms with Gasteiger partial charge in [0.1, 0.15) is 0 Å². The topological polar surface area (TPSA) is 93.3 Å². The smallest absolute Gasteiger partial charge is 0.228 e. The number of hydrogen-bond acceptors (Lipinski definition) is 5. The predicted molar refractivity (Wildman–Crippen MR) is 66.9 cm³/mol. The van der Waals surface area contributed by atoms with Crippen LogP contribution in [0.3, 0.4) is 0 Å². The third-order valence-corrected chi connectivity index (χ3v) is 3.03. The van der Waals surface area contributed by atoms with Crippen LogP contribution in [0.4, 0.5) is 5.82 Å².